The molecule has 0 amide bonds. The zero-order valence-corrected chi connectivity index (χ0v) is 12.3. The predicted octanol–water partition coefficient (Wildman–Crippen LogP) is 3.29. The molecule has 0 radical (unpaired) electrons. The molecule has 2 N–H and O–H groups in total. The molecular formula is C17H14N4O2. The molecule has 6 nitrogen and oxygen atoms in total. The number of fused-ring (bicyclic) bond motifs is 1. The van der Waals surface area contributed by atoms with E-state index in [1.807, 2.05) is 12.1 Å². The number of rotatable bonds is 3. The molecule has 0 bridgehead atoms. The SMILES string of the molecule is O=C(O)c1c[nH]c2ncc(-c3cc(C4=CCCC4)ccn3)nc12. The fraction of sp³-hybridized carbons (Fsp3) is 0.176. The highest BCUT2D eigenvalue weighted by Gasteiger charge is 2.15. The van der Waals surface area contributed by atoms with Crippen molar-refractivity contribution in [1.82, 2.24) is 19.9 Å². The minimum absolute atomic E-state index is 0.115. The fourth-order valence-corrected chi connectivity index (χ4v) is 2.88. The van der Waals surface area contributed by atoms with Crippen molar-refractivity contribution in [3.63, 3.8) is 0 Å². The second kappa shape index (κ2) is 5.31. The Morgan fingerprint density at radius 1 is 1.26 bits per heavy atom. The molecule has 0 atom stereocenters. The Labute approximate surface area is 131 Å². The van der Waals surface area contributed by atoms with E-state index in [1.165, 1.54) is 18.2 Å². The molecular weight excluding hydrogens is 292 g/mol. The Morgan fingerprint density at radius 2 is 2.17 bits per heavy atom. The third kappa shape index (κ3) is 2.38. The number of nitrogens with one attached hydrogen (secondary N) is 1. The summed E-state index contributed by atoms with van der Waals surface area (Å²) >= 11 is 0. The lowest BCUT2D eigenvalue weighted by atomic mass is 10.1. The van der Waals surface area contributed by atoms with Gasteiger partial charge in [-0.25, -0.2) is 14.8 Å². The van der Waals surface area contributed by atoms with Crippen molar-refractivity contribution in [3.05, 3.63) is 47.9 Å². The van der Waals surface area contributed by atoms with Gasteiger partial charge in [0.25, 0.3) is 0 Å². The molecule has 0 spiro atoms. The zero-order valence-electron chi connectivity index (χ0n) is 12.3. The second-order valence-electron chi connectivity index (χ2n) is 5.51. The first kappa shape index (κ1) is 13.6. The Hall–Kier alpha value is -3.02. The molecule has 114 valence electrons. The van der Waals surface area contributed by atoms with Gasteiger partial charge >= 0.3 is 5.97 Å². The van der Waals surface area contributed by atoms with E-state index in [1.54, 1.807) is 12.4 Å². The average Bonchev–Trinajstić information content (AvgIpc) is 3.24. The van der Waals surface area contributed by atoms with Crippen molar-refractivity contribution in [1.29, 1.82) is 0 Å². The lowest BCUT2D eigenvalue weighted by Crippen LogP contribution is -1.97. The van der Waals surface area contributed by atoms with Crippen LogP contribution < -0.4 is 0 Å². The highest BCUT2D eigenvalue weighted by atomic mass is 16.4. The maximum atomic E-state index is 11.2. The number of carbonyl (C=O) groups is 1. The summed E-state index contributed by atoms with van der Waals surface area (Å²) in [6.07, 6.45) is 10.4. The van der Waals surface area contributed by atoms with Crippen LogP contribution in [0.1, 0.15) is 35.2 Å². The van der Waals surface area contributed by atoms with Crippen molar-refractivity contribution in [2.24, 2.45) is 0 Å². The van der Waals surface area contributed by atoms with Crippen LogP contribution >= 0.6 is 0 Å². The van der Waals surface area contributed by atoms with E-state index >= 15 is 0 Å². The average molecular weight is 306 g/mol. The summed E-state index contributed by atoms with van der Waals surface area (Å²) in [4.78, 5) is 27.1. The maximum Gasteiger partial charge on any atom is 0.339 e. The van der Waals surface area contributed by atoms with Crippen LogP contribution in [0.15, 0.2) is 36.8 Å². The molecule has 3 aromatic heterocycles. The van der Waals surface area contributed by atoms with Crippen molar-refractivity contribution in [2.45, 2.75) is 19.3 Å². The highest BCUT2D eigenvalue weighted by Crippen LogP contribution is 2.29. The summed E-state index contributed by atoms with van der Waals surface area (Å²) in [7, 11) is 0. The number of aromatic nitrogens is 4. The van der Waals surface area contributed by atoms with Gasteiger partial charge in [0, 0.05) is 12.4 Å². The van der Waals surface area contributed by atoms with E-state index in [0.29, 0.717) is 22.6 Å². The summed E-state index contributed by atoms with van der Waals surface area (Å²) in [5.41, 5.74) is 4.66. The van der Waals surface area contributed by atoms with Gasteiger partial charge in [0.1, 0.15) is 16.8 Å². The normalized spacial score (nSPS) is 14.2. The minimum atomic E-state index is -1.03. The van der Waals surface area contributed by atoms with Gasteiger partial charge in [-0.2, -0.15) is 0 Å². The molecule has 1 aliphatic rings. The van der Waals surface area contributed by atoms with Crippen LogP contribution in [-0.4, -0.2) is 31.0 Å². The number of nitrogens with zero attached hydrogens (tertiary/aromatic N) is 3. The smallest absolute Gasteiger partial charge is 0.339 e. The van der Waals surface area contributed by atoms with Crippen LogP contribution in [0.25, 0.3) is 28.1 Å². The van der Waals surface area contributed by atoms with Gasteiger partial charge in [-0.15, -0.1) is 0 Å². The highest BCUT2D eigenvalue weighted by molar-refractivity contribution is 6.00. The van der Waals surface area contributed by atoms with Crippen LogP contribution in [0.2, 0.25) is 0 Å². The molecule has 6 heteroatoms. The number of carboxylic acids is 1. The summed E-state index contributed by atoms with van der Waals surface area (Å²) in [5.74, 6) is -1.03. The monoisotopic (exact) mass is 306 g/mol. The predicted molar refractivity (Wildman–Crippen MR) is 85.9 cm³/mol. The number of pyridine rings is 1. The molecule has 0 fully saturated rings. The molecule has 3 aromatic rings. The van der Waals surface area contributed by atoms with Gasteiger partial charge in [0.15, 0.2) is 5.65 Å². The lowest BCUT2D eigenvalue weighted by molar-refractivity contribution is 0.0699. The maximum absolute atomic E-state index is 11.2. The van der Waals surface area contributed by atoms with Crippen molar-refractivity contribution < 1.29 is 9.90 Å². The van der Waals surface area contributed by atoms with E-state index in [9.17, 15) is 9.90 Å². The van der Waals surface area contributed by atoms with E-state index in [0.717, 1.165) is 18.4 Å². The Morgan fingerprint density at radius 3 is 2.96 bits per heavy atom. The van der Waals surface area contributed by atoms with Crippen molar-refractivity contribution >= 4 is 22.7 Å². The van der Waals surface area contributed by atoms with Crippen LogP contribution in [-0.2, 0) is 0 Å². The summed E-state index contributed by atoms with van der Waals surface area (Å²) < 4.78 is 0. The number of aromatic carboxylic acids is 1. The summed E-state index contributed by atoms with van der Waals surface area (Å²) in [5, 5.41) is 9.21. The molecule has 0 unspecified atom stereocenters. The van der Waals surface area contributed by atoms with Crippen molar-refractivity contribution in [2.75, 3.05) is 0 Å². The molecule has 4 rings (SSSR count). The molecule has 23 heavy (non-hydrogen) atoms. The first-order valence-electron chi connectivity index (χ1n) is 7.45. The third-order valence-corrected chi connectivity index (χ3v) is 4.05. The third-order valence-electron chi connectivity index (χ3n) is 4.05. The van der Waals surface area contributed by atoms with Gasteiger partial charge in [-0.05, 0) is 42.5 Å². The Balaban J connectivity index is 1.81. The number of allylic oxidation sites excluding steroid dienone is 2. The van der Waals surface area contributed by atoms with Gasteiger partial charge in [0.2, 0.25) is 0 Å². The standard InChI is InChI=1S/C17H14N4O2/c22-17(23)12-8-19-16-15(12)21-14(9-20-16)13-7-11(5-6-18-13)10-3-1-2-4-10/h3,5-9H,1-2,4H2,(H,19,20)(H,22,23). The van der Waals surface area contributed by atoms with Crippen LogP contribution in [0.5, 0.6) is 0 Å². The molecule has 0 saturated carbocycles. The summed E-state index contributed by atoms with van der Waals surface area (Å²) in [6.45, 7) is 0. The van der Waals surface area contributed by atoms with E-state index < -0.39 is 5.97 Å². The number of H-pyrrole nitrogens is 1. The molecule has 0 aliphatic heterocycles. The van der Waals surface area contributed by atoms with Gasteiger partial charge < -0.3 is 10.1 Å². The fourth-order valence-electron chi connectivity index (χ4n) is 2.88. The van der Waals surface area contributed by atoms with E-state index in [-0.39, 0.29) is 5.56 Å². The molecule has 3 heterocycles. The molecule has 1 aliphatic carbocycles. The van der Waals surface area contributed by atoms with Gasteiger partial charge in [-0.3, -0.25) is 4.98 Å². The Bertz CT molecular complexity index is 943. The largest absolute Gasteiger partial charge is 0.478 e. The summed E-state index contributed by atoms with van der Waals surface area (Å²) in [6, 6.07) is 3.98. The lowest BCUT2D eigenvalue weighted by Gasteiger charge is -2.05. The second-order valence-corrected chi connectivity index (χ2v) is 5.51. The van der Waals surface area contributed by atoms with Gasteiger partial charge in [0.05, 0.1) is 11.9 Å². The first-order valence-corrected chi connectivity index (χ1v) is 7.45. The number of hydrogen-bond donors (Lipinski definition) is 2. The zero-order chi connectivity index (χ0) is 15.8. The molecule has 0 saturated heterocycles. The topological polar surface area (TPSA) is 91.8 Å². The quantitative estimate of drug-likeness (QED) is 0.774. The van der Waals surface area contributed by atoms with E-state index in [2.05, 4.69) is 26.0 Å². The van der Waals surface area contributed by atoms with Gasteiger partial charge in [-0.1, -0.05) is 6.08 Å². The number of aromatic amines is 1. The van der Waals surface area contributed by atoms with Crippen LogP contribution in [0.4, 0.5) is 0 Å². The Kier molecular flexibility index (Phi) is 3.15. The first-order chi connectivity index (χ1) is 11.2. The minimum Gasteiger partial charge on any atom is -0.478 e. The van der Waals surface area contributed by atoms with Crippen LogP contribution in [0, 0.1) is 0 Å². The van der Waals surface area contributed by atoms with Crippen LogP contribution in [0.3, 0.4) is 0 Å². The van der Waals surface area contributed by atoms with E-state index in [4.69, 9.17) is 0 Å². The molecule has 0 aromatic carbocycles. The van der Waals surface area contributed by atoms with Crippen molar-refractivity contribution in [3.8, 4) is 11.4 Å². The number of hydrogen-bond acceptors (Lipinski definition) is 4. The number of carboxylic acid groups (broad SMARTS) is 1.